The van der Waals surface area contributed by atoms with Crippen LogP contribution >= 0.6 is 11.3 Å². The second kappa shape index (κ2) is 6.08. The van der Waals surface area contributed by atoms with E-state index in [2.05, 4.69) is 20.6 Å². The standard InChI is InChI=1S/C16H17N5OS/c22-15(18-16-17-12-6-2-4-8-14(12)23-16)9-10-21-13-7-3-1-5-11(13)19-20-21/h1,3,5,7H,2,4,6,8-10H2,(H,17,18,22). The summed E-state index contributed by atoms with van der Waals surface area (Å²) < 4.78 is 1.77. The number of anilines is 1. The molecule has 2 heterocycles. The number of nitrogens with one attached hydrogen (secondary N) is 1. The fraction of sp³-hybridized carbons (Fsp3) is 0.375. The number of aromatic nitrogens is 4. The van der Waals surface area contributed by atoms with E-state index in [0.29, 0.717) is 13.0 Å². The van der Waals surface area contributed by atoms with Crippen molar-refractivity contribution in [2.24, 2.45) is 0 Å². The molecule has 4 rings (SSSR count). The van der Waals surface area contributed by atoms with Crippen LogP contribution in [0.1, 0.15) is 29.8 Å². The van der Waals surface area contributed by atoms with Crippen molar-refractivity contribution >= 4 is 33.4 Å². The number of benzene rings is 1. The van der Waals surface area contributed by atoms with E-state index in [1.807, 2.05) is 24.3 Å². The summed E-state index contributed by atoms with van der Waals surface area (Å²) in [6, 6.07) is 7.75. The van der Waals surface area contributed by atoms with Gasteiger partial charge in [0.05, 0.1) is 17.8 Å². The minimum absolute atomic E-state index is 0.0318. The van der Waals surface area contributed by atoms with Crippen LogP contribution in [0.15, 0.2) is 24.3 Å². The van der Waals surface area contributed by atoms with E-state index in [9.17, 15) is 4.79 Å². The quantitative estimate of drug-likeness (QED) is 0.800. The minimum atomic E-state index is -0.0318. The minimum Gasteiger partial charge on any atom is -0.302 e. The Kier molecular flexibility index (Phi) is 3.78. The lowest BCUT2D eigenvalue weighted by molar-refractivity contribution is -0.116. The predicted octanol–water partition coefficient (Wildman–Crippen LogP) is 2.80. The third-order valence-corrected chi connectivity index (χ3v) is 5.14. The van der Waals surface area contributed by atoms with Crippen LogP contribution in [-0.2, 0) is 24.2 Å². The fourth-order valence-electron chi connectivity index (χ4n) is 2.88. The summed E-state index contributed by atoms with van der Waals surface area (Å²) in [5, 5.41) is 11.8. The van der Waals surface area contributed by atoms with Gasteiger partial charge in [-0.1, -0.05) is 17.3 Å². The Morgan fingerprint density at radius 2 is 2.13 bits per heavy atom. The molecule has 7 heteroatoms. The summed E-state index contributed by atoms with van der Waals surface area (Å²) in [6.45, 7) is 0.511. The number of amides is 1. The maximum atomic E-state index is 12.2. The first-order valence-corrected chi connectivity index (χ1v) is 8.68. The number of rotatable bonds is 4. The lowest BCUT2D eigenvalue weighted by Gasteiger charge is -2.06. The highest BCUT2D eigenvalue weighted by Gasteiger charge is 2.16. The Morgan fingerprint density at radius 3 is 3.04 bits per heavy atom. The molecular weight excluding hydrogens is 310 g/mol. The molecule has 0 atom stereocenters. The van der Waals surface area contributed by atoms with Gasteiger partial charge in [0.2, 0.25) is 5.91 Å². The van der Waals surface area contributed by atoms with Gasteiger partial charge in [-0.05, 0) is 37.8 Å². The van der Waals surface area contributed by atoms with Gasteiger partial charge in [-0.3, -0.25) is 4.79 Å². The SMILES string of the molecule is O=C(CCn1nnc2ccccc21)Nc1nc2c(s1)CCCC2. The predicted molar refractivity (Wildman–Crippen MR) is 89.5 cm³/mol. The molecule has 1 aliphatic rings. The third kappa shape index (κ3) is 2.96. The molecule has 2 aromatic heterocycles. The van der Waals surface area contributed by atoms with Gasteiger partial charge in [-0.15, -0.1) is 16.4 Å². The number of nitrogens with zero attached hydrogens (tertiary/aromatic N) is 4. The summed E-state index contributed by atoms with van der Waals surface area (Å²) in [4.78, 5) is 18.0. The largest absolute Gasteiger partial charge is 0.302 e. The van der Waals surface area contributed by atoms with Gasteiger partial charge in [0.1, 0.15) is 5.52 Å². The summed E-state index contributed by atoms with van der Waals surface area (Å²) in [7, 11) is 0. The van der Waals surface area contributed by atoms with Crippen molar-refractivity contribution < 1.29 is 4.79 Å². The van der Waals surface area contributed by atoms with E-state index in [4.69, 9.17) is 0 Å². The maximum absolute atomic E-state index is 12.2. The van der Waals surface area contributed by atoms with E-state index >= 15 is 0 Å². The molecule has 1 N–H and O–H groups in total. The van der Waals surface area contributed by atoms with Crippen molar-refractivity contribution in [3.63, 3.8) is 0 Å². The Balaban J connectivity index is 1.39. The number of thiazole rings is 1. The first kappa shape index (κ1) is 14.3. The van der Waals surface area contributed by atoms with Crippen molar-refractivity contribution in [2.75, 3.05) is 5.32 Å². The number of fused-ring (bicyclic) bond motifs is 2. The topological polar surface area (TPSA) is 72.7 Å². The zero-order valence-electron chi connectivity index (χ0n) is 12.7. The molecule has 0 saturated carbocycles. The molecule has 0 bridgehead atoms. The molecule has 118 valence electrons. The number of aryl methyl sites for hydroxylation is 3. The van der Waals surface area contributed by atoms with Crippen LogP contribution in [0, 0.1) is 0 Å². The lowest BCUT2D eigenvalue weighted by atomic mass is 10.0. The molecule has 1 aromatic carbocycles. The normalized spacial score (nSPS) is 13.9. The molecule has 0 saturated heterocycles. The van der Waals surface area contributed by atoms with Gasteiger partial charge in [-0.2, -0.15) is 0 Å². The van der Waals surface area contributed by atoms with Crippen LogP contribution in [-0.4, -0.2) is 25.9 Å². The summed E-state index contributed by atoms with van der Waals surface area (Å²) in [5.74, 6) is -0.0318. The third-order valence-electron chi connectivity index (χ3n) is 4.06. The van der Waals surface area contributed by atoms with Crippen LogP contribution in [0.2, 0.25) is 0 Å². The van der Waals surface area contributed by atoms with E-state index in [0.717, 1.165) is 29.0 Å². The average molecular weight is 327 g/mol. The molecule has 1 aliphatic carbocycles. The highest BCUT2D eigenvalue weighted by Crippen LogP contribution is 2.29. The first-order chi connectivity index (χ1) is 11.3. The highest BCUT2D eigenvalue weighted by atomic mass is 32.1. The van der Waals surface area contributed by atoms with Crippen molar-refractivity contribution in [2.45, 2.75) is 38.6 Å². The lowest BCUT2D eigenvalue weighted by Crippen LogP contribution is -2.15. The zero-order chi connectivity index (χ0) is 15.6. The van der Waals surface area contributed by atoms with Crippen LogP contribution in [0.4, 0.5) is 5.13 Å². The summed E-state index contributed by atoms with van der Waals surface area (Å²) >= 11 is 1.61. The zero-order valence-corrected chi connectivity index (χ0v) is 13.5. The van der Waals surface area contributed by atoms with Gasteiger partial charge < -0.3 is 5.32 Å². The van der Waals surface area contributed by atoms with E-state index in [-0.39, 0.29) is 5.91 Å². The van der Waals surface area contributed by atoms with Gasteiger partial charge in [-0.25, -0.2) is 9.67 Å². The molecule has 23 heavy (non-hydrogen) atoms. The number of hydrogen-bond acceptors (Lipinski definition) is 5. The Bertz CT molecular complexity index is 830. The first-order valence-electron chi connectivity index (χ1n) is 7.86. The van der Waals surface area contributed by atoms with Crippen LogP contribution in [0.5, 0.6) is 0 Å². The van der Waals surface area contributed by atoms with Crippen molar-refractivity contribution in [1.29, 1.82) is 0 Å². The number of carbonyl (C=O) groups is 1. The molecular formula is C16H17N5OS. The fourth-order valence-corrected chi connectivity index (χ4v) is 3.94. The highest BCUT2D eigenvalue weighted by molar-refractivity contribution is 7.15. The van der Waals surface area contributed by atoms with Gasteiger partial charge in [0.25, 0.3) is 0 Å². The molecule has 0 radical (unpaired) electrons. The molecule has 1 amide bonds. The number of carbonyl (C=O) groups excluding carboxylic acids is 1. The molecule has 6 nitrogen and oxygen atoms in total. The molecule has 0 spiro atoms. The molecule has 0 aliphatic heterocycles. The Morgan fingerprint density at radius 1 is 1.26 bits per heavy atom. The van der Waals surface area contributed by atoms with Crippen LogP contribution in [0.3, 0.4) is 0 Å². The van der Waals surface area contributed by atoms with Crippen LogP contribution in [0.25, 0.3) is 11.0 Å². The second-order valence-electron chi connectivity index (χ2n) is 5.70. The van der Waals surface area contributed by atoms with E-state index < -0.39 is 0 Å². The maximum Gasteiger partial charge on any atom is 0.228 e. The van der Waals surface area contributed by atoms with Crippen molar-refractivity contribution in [1.82, 2.24) is 20.0 Å². The van der Waals surface area contributed by atoms with Crippen molar-refractivity contribution in [3.05, 3.63) is 34.8 Å². The number of hydrogen-bond donors (Lipinski definition) is 1. The average Bonchev–Trinajstić information content (AvgIpc) is 3.16. The molecule has 0 unspecified atom stereocenters. The van der Waals surface area contributed by atoms with Gasteiger partial charge in [0.15, 0.2) is 5.13 Å². The Labute approximate surface area is 137 Å². The smallest absolute Gasteiger partial charge is 0.228 e. The monoisotopic (exact) mass is 327 g/mol. The number of para-hydroxylation sites is 1. The van der Waals surface area contributed by atoms with Gasteiger partial charge >= 0.3 is 0 Å². The van der Waals surface area contributed by atoms with E-state index in [1.165, 1.54) is 23.4 Å². The Hall–Kier alpha value is -2.28. The van der Waals surface area contributed by atoms with Crippen molar-refractivity contribution in [3.8, 4) is 0 Å². The van der Waals surface area contributed by atoms with Gasteiger partial charge in [0, 0.05) is 11.3 Å². The molecule has 0 fully saturated rings. The second-order valence-corrected chi connectivity index (χ2v) is 6.78. The van der Waals surface area contributed by atoms with Crippen LogP contribution < -0.4 is 5.32 Å². The molecule has 3 aromatic rings. The summed E-state index contributed by atoms with van der Waals surface area (Å²) in [6.07, 6.45) is 4.91. The summed E-state index contributed by atoms with van der Waals surface area (Å²) in [5.41, 5.74) is 2.96. The van der Waals surface area contributed by atoms with E-state index in [1.54, 1.807) is 16.0 Å².